The van der Waals surface area contributed by atoms with Gasteiger partial charge in [-0.3, -0.25) is 9.69 Å². The van der Waals surface area contributed by atoms with Gasteiger partial charge in [-0.25, -0.2) is 4.79 Å². The maximum Gasteiger partial charge on any atom is 0.352 e. The number of amides is 1. The number of rotatable bonds is 2. The predicted octanol–water partition coefficient (Wildman–Crippen LogP) is 4.76. The molecule has 1 N–H and O–H groups in total. The minimum Gasteiger partial charge on any atom is -0.477 e. The molecule has 0 bridgehead atoms. The van der Waals surface area contributed by atoms with Crippen LogP contribution in [0.5, 0.6) is 0 Å². The van der Waals surface area contributed by atoms with E-state index in [0.29, 0.717) is 6.42 Å². The van der Waals surface area contributed by atoms with Gasteiger partial charge in [0.1, 0.15) is 5.70 Å². The summed E-state index contributed by atoms with van der Waals surface area (Å²) in [4.78, 5) is 24.1. The van der Waals surface area contributed by atoms with Crippen LogP contribution in [0.15, 0.2) is 11.3 Å². The smallest absolute Gasteiger partial charge is 0.352 e. The summed E-state index contributed by atoms with van der Waals surface area (Å²) in [5, 5.41) is 9.15. The SMILES string of the molecule is CC.CC.CCC.CCC1=C(C(=O)O)N2C(=O)C(C)C2SC1. The van der Waals surface area contributed by atoms with Crippen LogP contribution >= 0.6 is 11.8 Å². The molecule has 0 aromatic carbocycles. The molecule has 0 radical (unpaired) electrons. The highest BCUT2D eigenvalue weighted by molar-refractivity contribution is 8.00. The number of carbonyl (C=O) groups excluding carboxylic acids is 1. The zero-order chi connectivity index (χ0) is 17.9. The van der Waals surface area contributed by atoms with Crippen molar-refractivity contribution in [2.24, 2.45) is 5.92 Å². The lowest BCUT2D eigenvalue weighted by molar-refractivity contribution is -0.151. The molecular weight excluding hydrogens is 298 g/mol. The number of β-lactam (4-membered cyclic amide) rings is 1. The third-order valence-corrected chi connectivity index (χ3v) is 4.42. The van der Waals surface area contributed by atoms with Crippen LogP contribution in [0.1, 0.15) is 68.2 Å². The lowest BCUT2D eigenvalue weighted by Crippen LogP contribution is -2.60. The molecule has 2 heterocycles. The molecule has 0 saturated carbocycles. The molecule has 4 nitrogen and oxygen atoms in total. The van der Waals surface area contributed by atoms with Gasteiger partial charge >= 0.3 is 5.97 Å². The van der Waals surface area contributed by atoms with Gasteiger partial charge in [0.05, 0.1) is 11.3 Å². The zero-order valence-corrected chi connectivity index (χ0v) is 16.2. The lowest BCUT2D eigenvalue weighted by Gasteiger charge is -2.48. The number of carboxylic acids is 1. The second-order valence-corrected chi connectivity index (χ2v) is 5.62. The van der Waals surface area contributed by atoms with Gasteiger partial charge in [0.25, 0.3) is 0 Å². The number of aliphatic carboxylic acids is 1. The Bertz CT molecular complexity index is 380. The van der Waals surface area contributed by atoms with Crippen molar-refractivity contribution >= 4 is 23.6 Å². The summed E-state index contributed by atoms with van der Waals surface area (Å²) >= 11 is 1.66. The molecule has 0 spiro atoms. The number of carbonyl (C=O) groups is 2. The fourth-order valence-corrected chi connectivity index (χ4v) is 3.49. The van der Waals surface area contributed by atoms with Crippen molar-refractivity contribution in [1.29, 1.82) is 0 Å². The Morgan fingerprint density at radius 3 is 2.05 bits per heavy atom. The summed E-state index contributed by atoms with van der Waals surface area (Å²) in [6, 6.07) is 0. The second kappa shape index (κ2) is 12.6. The normalized spacial score (nSPS) is 21.8. The summed E-state index contributed by atoms with van der Waals surface area (Å²) < 4.78 is 0. The molecule has 1 fully saturated rings. The van der Waals surface area contributed by atoms with E-state index in [4.69, 9.17) is 5.11 Å². The van der Waals surface area contributed by atoms with Crippen molar-refractivity contribution < 1.29 is 14.7 Å². The first kappa shape index (κ1) is 23.3. The summed E-state index contributed by atoms with van der Waals surface area (Å²) in [6.07, 6.45) is 1.94. The van der Waals surface area contributed by atoms with Crippen molar-refractivity contribution in [2.45, 2.75) is 73.6 Å². The molecule has 2 atom stereocenters. The van der Waals surface area contributed by atoms with Gasteiger partial charge < -0.3 is 5.11 Å². The monoisotopic (exact) mass is 331 g/mol. The van der Waals surface area contributed by atoms with Crippen LogP contribution < -0.4 is 0 Å². The molecule has 1 saturated heterocycles. The molecule has 22 heavy (non-hydrogen) atoms. The van der Waals surface area contributed by atoms with Gasteiger partial charge in [0.15, 0.2) is 0 Å². The minimum absolute atomic E-state index is 0.0391. The average molecular weight is 332 g/mol. The van der Waals surface area contributed by atoms with E-state index in [1.165, 1.54) is 11.3 Å². The van der Waals surface area contributed by atoms with E-state index in [0.717, 1.165) is 11.3 Å². The van der Waals surface area contributed by atoms with Crippen molar-refractivity contribution in [3.8, 4) is 0 Å². The molecule has 2 rings (SSSR count). The third-order valence-electron chi connectivity index (χ3n) is 2.94. The third kappa shape index (κ3) is 5.34. The lowest BCUT2D eigenvalue weighted by atomic mass is 9.97. The van der Waals surface area contributed by atoms with Crippen molar-refractivity contribution in [3.05, 3.63) is 11.3 Å². The Labute approximate surface area is 140 Å². The Morgan fingerprint density at radius 2 is 1.68 bits per heavy atom. The Hall–Kier alpha value is -0.970. The number of nitrogens with zero attached hydrogens (tertiary/aromatic N) is 1. The molecule has 2 unspecified atom stereocenters. The van der Waals surface area contributed by atoms with Crippen molar-refractivity contribution in [2.75, 3.05) is 5.75 Å². The van der Waals surface area contributed by atoms with E-state index >= 15 is 0 Å². The summed E-state index contributed by atoms with van der Waals surface area (Å²) in [5.74, 6) is -0.340. The van der Waals surface area contributed by atoms with E-state index in [1.54, 1.807) is 11.8 Å². The van der Waals surface area contributed by atoms with Crippen molar-refractivity contribution in [1.82, 2.24) is 4.90 Å². The number of thioether (sulfide) groups is 1. The van der Waals surface area contributed by atoms with Crippen LogP contribution in [0.4, 0.5) is 0 Å². The summed E-state index contributed by atoms with van der Waals surface area (Å²) in [5.41, 5.74) is 1.09. The Kier molecular flexibility index (Phi) is 13.3. The maximum atomic E-state index is 11.6. The van der Waals surface area contributed by atoms with Gasteiger partial charge in [-0.15, -0.1) is 11.8 Å². The van der Waals surface area contributed by atoms with Crippen LogP contribution in [0.25, 0.3) is 0 Å². The first-order valence-electron chi connectivity index (χ1n) is 8.39. The number of fused-ring (bicyclic) bond motifs is 1. The molecule has 2 aliphatic heterocycles. The van der Waals surface area contributed by atoms with Gasteiger partial charge in [-0.05, 0) is 12.0 Å². The largest absolute Gasteiger partial charge is 0.477 e. The van der Waals surface area contributed by atoms with Crippen molar-refractivity contribution in [3.63, 3.8) is 0 Å². The minimum atomic E-state index is -0.975. The highest BCUT2D eigenvalue weighted by Crippen LogP contribution is 2.43. The van der Waals surface area contributed by atoms with Gasteiger partial charge in [-0.2, -0.15) is 0 Å². The van der Waals surface area contributed by atoms with Crippen LogP contribution in [0.2, 0.25) is 0 Å². The second-order valence-electron chi connectivity index (χ2n) is 4.52. The fourth-order valence-electron chi connectivity index (χ4n) is 2.01. The summed E-state index contributed by atoms with van der Waals surface area (Å²) in [7, 11) is 0. The molecule has 5 heteroatoms. The van der Waals surface area contributed by atoms with E-state index in [2.05, 4.69) is 13.8 Å². The number of carboxylic acid groups (broad SMARTS) is 1. The number of hydrogen-bond acceptors (Lipinski definition) is 3. The zero-order valence-electron chi connectivity index (χ0n) is 15.4. The molecule has 0 aromatic heterocycles. The first-order chi connectivity index (χ1) is 10.5. The van der Waals surface area contributed by atoms with E-state index < -0.39 is 5.97 Å². The van der Waals surface area contributed by atoms with Crippen LogP contribution in [-0.4, -0.2) is 33.0 Å². The fraction of sp³-hybridized carbons (Fsp3) is 0.765. The first-order valence-corrected chi connectivity index (χ1v) is 9.44. The van der Waals surface area contributed by atoms with E-state index in [1.807, 2.05) is 41.5 Å². The molecular formula is C17H33NO3S. The standard InChI is InChI=1S/C10H13NO3S.C3H8.2C2H6/c1-3-6-4-15-9-5(2)8(12)11(9)7(6)10(13)14;1-3-2;2*1-2/h5,9H,3-4H2,1-2H3,(H,13,14);3H2,1-2H3;2*1-2H3. The van der Waals surface area contributed by atoms with Gasteiger partial charge in [0.2, 0.25) is 5.91 Å². The van der Waals surface area contributed by atoms with Crippen LogP contribution in [0, 0.1) is 5.92 Å². The quantitative estimate of drug-likeness (QED) is 0.741. The Balaban J connectivity index is 0. The average Bonchev–Trinajstić information content (AvgIpc) is 2.56. The van der Waals surface area contributed by atoms with Gasteiger partial charge in [-0.1, -0.05) is 61.8 Å². The maximum absolute atomic E-state index is 11.6. The van der Waals surface area contributed by atoms with E-state index in [9.17, 15) is 9.59 Å². The van der Waals surface area contributed by atoms with E-state index in [-0.39, 0.29) is 22.9 Å². The van der Waals surface area contributed by atoms with Crippen LogP contribution in [-0.2, 0) is 9.59 Å². The van der Waals surface area contributed by atoms with Crippen LogP contribution in [0.3, 0.4) is 0 Å². The molecule has 0 aromatic rings. The Morgan fingerprint density at radius 1 is 1.23 bits per heavy atom. The highest BCUT2D eigenvalue weighted by Gasteiger charge is 2.50. The topological polar surface area (TPSA) is 57.6 Å². The molecule has 2 aliphatic rings. The summed E-state index contributed by atoms with van der Waals surface area (Å²) in [6.45, 7) is 16.0. The molecule has 130 valence electrons. The molecule has 1 amide bonds. The highest BCUT2D eigenvalue weighted by atomic mass is 32.2. The number of hydrogen-bond donors (Lipinski definition) is 1. The predicted molar refractivity (Wildman–Crippen MR) is 95.9 cm³/mol. The van der Waals surface area contributed by atoms with Gasteiger partial charge in [0, 0.05) is 5.75 Å². The molecule has 0 aliphatic carbocycles.